The Balaban J connectivity index is 1.91. The van der Waals surface area contributed by atoms with Crippen LogP contribution in [0.2, 0.25) is 0 Å². The molecule has 172 valence electrons. The van der Waals surface area contributed by atoms with Gasteiger partial charge in [-0.2, -0.15) is 0 Å². The first kappa shape index (κ1) is 26.4. The van der Waals surface area contributed by atoms with Gasteiger partial charge in [-0.15, -0.1) is 0 Å². The Hall–Kier alpha value is -0.660. The van der Waals surface area contributed by atoms with Crippen LogP contribution in [0.1, 0.15) is 143 Å². The summed E-state index contributed by atoms with van der Waals surface area (Å²) in [5.74, 6) is 0. The van der Waals surface area contributed by atoms with Gasteiger partial charge in [-0.1, -0.05) is 117 Å². The summed E-state index contributed by atoms with van der Waals surface area (Å²) in [4.78, 5) is 5.14. The van der Waals surface area contributed by atoms with E-state index in [1.54, 1.807) is 0 Å². The second-order valence-electron chi connectivity index (χ2n) is 9.29. The zero-order valence-corrected chi connectivity index (χ0v) is 20.5. The van der Waals surface area contributed by atoms with Crippen molar-refractivity contribution in [2.75, 3.05) is 13.1 Å². The second-order valence-corrected chi connectivity index (χ2v) is 9.29. The molecule has 0 aromatic carbocycles. The van der Waals surface area contributed by atoms with E-state index in [4.69, 9.17) is 0 Å². The Morgan fingerprint density at radius 1 is 0.483 bits per heavy atom. The van der Waals surface area contributed by atoms with Gasteiger partial charge in [0.25, 0.3) is 0 Å². The average molecular weight is 407 g/mol. The molecule has 1 rings (SSSR count). The van der Waals surface area contributed by atoms with Gasteiger partial charge in [0.15, 0.2) is 0 Å². The predicted octanol–water partition coefficient (Wildman–Crippen LogP) is 8.87. The van der Waals surface area contributed by atoms with Gasteiger partial charge in [-0.25, -0.2) is 0 Å². The predicted molar refractivity (Wildman–Crippen MR) is 131 cm³/mol. The summed E-state index contributed by atoms with van der Waals surface area (Å²) in [6, 6.07) is 0. The SMILES string of the molecule is CCCCCCCCCCCCCCCCCC1N(CC)C=CN1CCCCC. The zero-order valence-electron chi connectivity index (χ0n) is 20.5. The highest BCUT2D eigenvalue weighted by molar-refractivity contribution is 4.96. The smallest absolute Gasteiger partial charge is 0.101 e. The molecule has 1 aliphatic heterocycles. The molecule has 0 saturated carbocycles. The minimum absolute atomic E-state index is 0.638. The van der Waals surface area contributed by atoms with Crippen LogP contribution in [0, 0.1) is 0 Å². The number of rotatable bonds is 21. The number of unbranched alkanes of at least 4 members (excludes halogenated alkanes) is 16. The topological polar surface area (TPSA) is 6.48 Å². The lowest BCUT2D eigenvalue weighted by atomic mass is 10.0. The van der Waals surface area contributed by atoms with Gasteiger partial charge in [-0.05, 0) is 26.2 Å². The molecule has 2 nitrogen and oxygen atoms in total. The van der Waals surface area contributed by atoms with Gasteiger partial charge in [0.05, 0.1) is 0 Å². The van der Waals surface area contributed by atoms with Crippen LogP contribution in [0.4, 0.5) is 0 Å². The summed E-state index contributed by atoms with van der Waals surface area (Å²) in [6.45, 7) is 9.27. The summed E-state index contributed by atoms with van der Waals surface area (Å²) in [5.41, 5.74) is 0. The molecular weight excluding hydrogens is 352 g/mol. The molecule has 0 aliphatic carbocycles. The summed E-state index contributed by atoms with van der Waals surface area (Å²) >= 11 is 0. The molecule has 0 aromatic rings. The van der Waals surface area contributed by atoms with Crippen molar-refractivity contribution in [3.63, 3.8) is 0 Å². The molecule has 0 fully saturated rings. The lowest BCUT2D eigenvalue weighted by Gasteiger charge is -2.32. The van der Waals surface area contributed by atoms with E-state index in [9.17, 15) is 0 Å². The number of hydrogen-bond donors (Lipinski definition) is 0. The van der Waals surface area contributed by atoms with E-state index >= 15 is 0 Å². The molecule has 0 spiro atoms. The van der Waals surface area contributed by atoms with Crippen LogP contribution in [0.3, 0.4) is 0 Å². The van der Waals surface area contributed by atoms with Crippen LogP contribution in [0.15, 0.2) is 12.4 Å². The monoisotopic (exact) mass is 406 g/mol. The molecular formula is C27H54N2. The second kappa shape index (κ2) is 19.3. The van der Waals surface area contributed by atoms with Crippen molar-refractivity contribution in [3.05, 3.63) is 12.4 Å². The summed E-state index contributed by atoms with van der Waals surface area (Å²) < 4.78 is 0. The average Bonchev–Trinajstić information content (AvgIpc) is 3.13. The molecule has 0 N–H and O–H groups in total. The van der Waals surface area contributed by atoms with Crippen molar-refractivity contribution < 1.29 is 0 Å². The molecule has 0 radical (unpaired) electrons. The van der Waals surface area contributed by atoms with Crippen molar-refractivity contribution in [2.45, 2.75) is 149 Å². The molecule has 1 atom stereocenters. The molecule has 1 aliphatic rings. The first-order chi connectivity index (χ1) is 14.3. The van der Waals surface area contributed by atoms with E-state index < -0.39 is 0 Å². The Morgan fingerprint density at radius 2 is 0.897 bits per heavy atom. The minimum Gasteiger partial charge on any atom is -0.356 e. The third kappa shape index (κ3) is 13.3. The quantitative estimate of drug-likeness (QED) is 0.176. The third-order valence-corrected chi connectivity index (χ3v) is 6.67. The van der Waals surface area contributed by atoms with Crippen LogP contribution in [-0.4, -0.2) is 29.1 Å². The number of nitrogens with zero attached hydrogens (tertiary/aromatic N) is 2. The fraction of sp³-hybridized carbons (Fsp3) is 0.926. The molecule has 1 heterocycles. The van der Waals surface area contributed by atoms with E-state index in [0.717, 1.165) is 6.54 Å². The minimum atomic E-state index is 0.638. The molecule has 2 heteroatoms. The van der Waals surface area contributed by atoms with Crippen molar-refractivity contribution >= 4 is 0 Å². The van der Waals surface area contributed by atoms with Gasteiger partial charge in [0.2, 0.25) is 0 Å². The van der Waals surface area contributed by atoms with E-state index in [0.29, 0.717) is 6.17 Å². The first-order valence-corrected chi connectivity index (χ1v) is 13.5. The lowest BCUT2D eigenvalue weighted by Crippen LogP contribution is -2.38. The fourth-order valence-electron chi connectivity index (χ4n) is 4.67. The Bertz CT molecular complexity index is 366. The maximum atomic E-state index is 2.60. The van der Waals surface area contributed by atoms with Gasteiger partial charge >= 0.3 is 0 Å². The van der Waals surface area contributed by atoms with Gasteiger partial charge in [0, 0.05) is 25.5 Å². The summed E-state index contributed by atoms with van der Waals surface area (Å²) in [7, 11) is 0. The van der Waals surface area contributed by atoms with Crippen LogP contribution >= 0.6 is 0 Å². The molecule has 0 aromatic heterocycles. The third-order valence-electron chi connectivity index (χ3n) is 6.67. The molecule has 0 bridgehead atoms. The normalized spacial score (nSPS) is 16.3. The summed E-state index contributed by atoms with van der Waals surface area (Å²) in [5, 5.41) is 0. The van der Waals surface area contributed by atoms with Crippen molar-refractivity contribution in [1.29, 1.82) is 0 Å². The van der Waals surface area contributed by atoms with Crippen molar-refractivity contribution in [2.24, 2.45) is 0 Å². The van der Waals surface area contributed by atoms with E-state index in [1.165, 1.54) is 129 Å². The fourth-order valence-corrected chi connectivity index (χ4v) is 4.67. The summed E-state index contributed by atoms with van der Waals surface area (Å²) in [6.07, 6.45) is 32.4. The molecule has 0 saturated heterocycles. The van der Waals surface area contributed by atoms with Crippen molar-refractivity contribution in [3.8, 4) is 0 Å². The highest BCUT2D eigenvalue weighted by atomic mass is 15.4. The van der Waals surface area contributed by atoms with Crippen LogP contribution in [0.5, 0.6) is 0 Å². The largest absolute Gasteiger partial charge is 0.356 e. The van der Waals surface area contributed by atoms with E-state index in [-0.39, 0.29) is 0 Å². The van der Waals surface area contributed by atoms with Gasteiger partial charge in [0.1, 0.15) is 6.17 Å². The lowest BCUT2D eigenvalue weighted by molar-refractivity contribution is 0.142. The maximum Gasteiger partial charge on any atom is 0.101 e. The van der Waals surface area contributed by atoms with Crippen LogP contribution in [-0.2, 0) is 0 Å². The highest BCUT2D eigenvalue weighted by Crippen LogP contribution is 2.22. The Morgan fingerprint density at radius 3 is 1.38 bits per heavy atom. The maximum absolute atomic E-state index is 2.60. The Kier molecular flexibility index (Phi) is 17.6. The zero-order chi connectivity index (χ0) is 21.0. The van der Waals surface area contributed by atoms with E-state index in [1.807, 2.05) is 0 Å². The van der Waals surface area contributed by atoms with Crippen LogP contribution < -0.4 is 0 Å². The molecule has 29 heavy (non-hydrogen) atoms. The Labute approximate surface area is 184 Å². The standard InChI is InChI=1S/C27H54N2/c1-4-7-9-10-11-12-13-14-15-16-17-18-19-20-21-23-27-28(6-3)25-26-29(27)24-22-8-5-2/h25-27H,4-24H2,1-3H3. The van der Waals surface area contributed by atoms with Crippen LogP contribution in [0.25, 0.3) is 0 Å². The van der Waals surface area contributed by atoms with Crippen molar-refractivity contribution in [1.82, 2.24) is 9.80 Å². The van der Waals surface area contributed by atoms with E-state index in [2.05, 4.69) is 43.0 Å². The molecule has 0 amide bonds. The molecule has 1 unspecified atom stereocenters. The highest BCUT2D eigenvalue weighted by Gasteiger charge is 2.23. The van der Waals surface area contributed by atoms with Gasteiger partial charge in [-0.3, -0.25) is 0 Å². The first-order valence-electron chi connectivity index (χ1n) is 13.5. The van der Waals surface area contributed by atoms with Gasteiger partial charge < -0.3 is 9.80 Å². The number of hydrogen-bond acceptors (Lipinski definition) is 2.